The summed E-state index contributed by atoms with van der Waals surface area (Å²) in [6.07, 6.45) is -0.916. The second kappa shape index (κ2) is 6.41. The van der Waals surface area contributed by atoms with E-state index in [2.05, 4.69) is 5.48 Å². The van der Waals surface area contributed by atoms with Gasteiger partial charge in [0.05, 0.1) is 13.2 Å². The van der Waals surface area contributed by atoms with E-state index in [-0.39, 0.29) is 6.61 Å². The lowest BCUT2D eigenvalue weighted by Crippen LogP contribution is -2.36. The van der Waals surface area contributed by atoms with Crippen LogP contribution < -0.4 is 5.48 Å². The first-order valence-corrected chi connectivity index (χ1v) is 4.94. The number of rotatable bonds is 6. The first-order valence-electron chi connectivity index (χ1n) is 4.94. The van der Waals surface area contributed by atoms with Gasteiger partial charge in [-0.3, -0.25) is 9.63 Å². The third-order valence-electron chi connectivity index (χ3n) is 2.15. The standard InChI is InChI=1S/C9H15NO6/c1-14-4-5-15-10-8(11)6-2-3-7(16-6)9(12)13/h6-7H,2-5H2,1H3,(H,10,11)(H,12,13). The molecular weight excluding hydrogens is 218 g/mol. The Labute approximate surface area is 92.6 Å². The Kier molecular flexibility index (Phi) is 5.17. The molecule has 92 valence electrons. The number of nitrogens with one attached hydrogen (secondary N) is 1. The van der Waals surface area contributed by atoms with E-state index in [0.717, 1.165) is 0 Å². The van der Waals surface area contributed by atoms with Gasteiger partial charge in [-0.2, -0.15) is 0 Å². The van der Waals surface area contributed by atoms with Gasteiger partial charge in [0.15, 0.2) is 6.10 Å². The molecule has 16 heavy (non-hydrogen) atoms. The molecule has 0 bridgehead atoms. The number of hydrogen-bond acceptors (Lipinski definition) is 5. The fourth-order valence-electron chi connectivity index (χ4n) is 1.32. The average molecular weight is 233 g/mol. The molecule has 2 N–H and O–H groups in total. The van der Waals surface area contributed by atoms with Gasteiger partial charge in [-0.25, -0.2) is 10.3 Å². The summed E-state index contributed by atoms with van der Waals surface area (Å²) in [5.74, 6) is -1.50. The summed E-state index contributed by atoms with van der Waals surface area (Å²) in [6, 6.07) is 0. The van der Waals surface area contributed by atoms with Crippen molar-refractivity contribution in [2.24, 2.45) is 0 Å². The van der Waals surface area contributed by atoms with Gasteiger partial charge in [-0.05, 0) is 12.8 Å². The molecular formula is C9H15NO6. The second-order valence-corrected chi connectivity index (χ2v) is 3.34. The highest BCUT2D eigenvalue weighted by molar-refractivity contribution is 5.81. The summed E-state index contributed by atoms with van der Waals surface area (Å²) in [5, 5.41) is 8.65. The van der Waals surface area contributed by atoms with E-state index in [4.69, 9.17) is 19.4 Å². The van der Waals surface area contributed by atoms with Gasteiger partial charge in [-0.15, -0.1) is 0 Å². The van der Waals surface area contributed by atoms with Crippen LogP contribution in [0.15, 0.2) is 0 Å². The highest BCUT2D eigenvalue weighted by Crippen LogP contribution is 2.19. The third kappa shape index (κ3) is 3.76. The number of amides is 1. The normalized spacial score (nSPS) is 24.3. The molecule has 0 radical (unpaired) electrons. The van der Waals surface area contributed by atoms with Crippen LogP contribution in [0.2, 0.25) is 0 Å². The number of hydroxylamine groups is 1. The van der Waals surface area contributed by atoms with E-state index in [1.165, 1.54) is 7.11 Å². The quantitative estimate of drug-likeness (QED) is 0.466. The Bertz CT molecular complexity index is 256. The zero-order chi connectivity index (χ0) is 12.0. The van der Waals surface area contributed by atoms with Crippen LogP contribution in [0.5, 0.6) is 0 Å². The molecule has 1 saturated heterocycles. The van der Waals surface area contributed by atoms with Crippen molar-refractivity contribution in [1.29, 1.82) is 0 Å². The van der Waals surface area contributed by atoms with Crippen LogP contribution in [-0.4, -0.2) is 49.5 Å². The molecule has 1 aliphatic rings. The lowest BCUT2D eigenvalue weighted by Gasteiger charge is -2.11. The van der Waals surface area contributed by atoms with Crippen molar-refractivity contribution in [2.45, 2.75) is 25.0 Å². The number of ether oxygens (including phenoxy) is 2. The minimum atomic E-state index is -1.05. The number of aliphatic carboxylic acids is 1. The summed E-state index contributed by atoms with van der Waals surface area (Å²) in [6.45, 7) is 0.598. The molecule has 2 unspecified atom stereocenters. The first-order chi connectivity index (χ1) is 7.65. The largest absolute Gasteiger partial charge is 0.479 e. The van der Waals surface area contributed by atoms with Crippen LogP contribution in [0, 0.1) is 0 Å². The number of carboxylic acids is 1. The molecule has 0 spiro atoms. The van der Waals surface area contributed by atoms with Crippen molar-refractivity contribution in [3.8, 4) is 0 Å². The summed E-state index contributed by atoms with van der Waals surface area (Å²) in [4.78, 5) is 26.7. The van der Waals surface area contributed by atoms with Crippen molar-refractivity contribution >= 4 is 11.9 Å². The maximum Gasteiger partial charge on any atom is 0.332 e. The van der Waals surface area contributed by atoms with Crippen LogP contribution in [-0.2, 0) is 23.9 Å². The molecule has 7 heteroatoms. The monoisotopic (exact) mass is 233 g/mol. The average Bonchev–Trinajstić information content (AvgIpc) is 2.73. The van der Waals surface area contributed by atoms with Crippen molar-refractivity contribution in [3.63, 3.8) is 0 Å². The number of hydrogen-bond donors (Lipinski definition) is 2. The summed E-state index contributed by atoms with van der Waals surface area (Å²) in [7, 11) is 1.52. The molecule has 0 aliphatic carbocycles. The Morgan fingerprint density at radius 1 is 1.38 bits per heavy atom. The Morgan fingerprint density at radius 2 is 2.06 bits per heavy atom. The second-order valence-electron chi connectivity index (χ2n) is 3.34. The van der Waals surface area contributed by atoms with Crippen molar-refractivity contribution in [2.75, 3.05) is 20.3 Å². The van der Waals surface area contributed by atoms with Gasteiger partial charge < -0.3 is 14.6 Å². The lowest BCUT2D eigenvalue weighted by atomic mass is 10.2. The van der Waals surface area contributed by atoms with Gasteiger partial charge in [0.25, 0.3) is 5.91 Å². The Hall–Kier alpha value is -1.18. The molecule has 0 aromatic heterocycles. The van der Waals surface area contributed by atoms with Crippen LogP contribution in [0.1, 0.15) is 12.8 Å². The van der Waals surface area contributed by atoms with Gasteiger partial charge >= 0.3 is 5.97 Å². The van der Waals surface area contributed by atoms with E-state index >= 15 is 0 Å². The molecule has 0 aromatic carbocycles. The zero-order valence-corrected chi connectivity index (χ0v) is 8.97. The van der Waals surface area contributed by atoms with Crippen LogP contribution in [0.25, 0.3) is 0 Å². The van der Waals surface area contributed by atoms with Crippen LogP contribution in [0.3, 0.4) is 0 Å². The van der Waals surface area contributed by atoms with Gasteiger partial charge in [0.1, 0.15) is 6.10 Å². The third-order valence-corrected chi connectivity index (χ3v) is 2.15. The molecule has 1 heterocycles. The van der Waals surface area contributed by atoms with E-state index in [9.17, 15) is 9.59 Å². The summed E-state index contributed by atoms with van der Waals surface area (Å²) in [5.41, 5.74) is 2.18. The van der Waals surface area contributed by atoms with Crippen LogP contribution >= 0.6 is 0 Å². The molecule has 0 aromatic rings. The fraction of sp³-hybridized carbons (Fsp3) is 0.778. The number of carboxylic acid groups (broad SMARTS) is 1. The topological polar surface area (TPSA) is 94.1 Å². The number of methoxy groups -OCH3 is 1. The van der Waals surface area contributed by atoms with Crippen molar-refractivity contribution < 1.29 is 29.0 Å². The predicted octanol–water partition coefficient (Wildman–Crippen LogP) is -0.687. The molecule has 7 nitrogen and oxygen atoms in total. The van der Waals surface area contributed by atoms with E-state index < -0.39 is 24.1 Å². The predicted molar refractivity (Wildman–Crippen MR) is 51.5 cm³/mol. The fourth-order valence-corrected chi connectivity index (χ4v) is 1.32. The minimum Gasteiger partial charge on any atom is -0.479 e. The number of carbonyl (C=O) groups is 2. The molecule has 2 atom stereocenters. The number of carbonyl (C=O) groups excluding carboxylic acids is 1. The van der Waals surface area contributed by atoms with Gasteiger partial charge in [0.2, 0.25) is 0 Å². The Morgan fingerprint density at radius 3 is 2.62 bits per heavy atom. The summed E-state index contributed by atoms with van der Waals surface area (Å²) < 4.78 is 9.73. The van der Waals surface area contributed by atoms with E-state index in [1.54, 1.807) is 0 Å². The SMILES string of the molecule is COCCONC(=O)C1CCC(C(=O)O)O1. The molecule has 1 amide bonds. The molecule has 1 fully saturated rings. The Balaban J connectivity index is 2.20. The molecule has 1 aliphatic heterocycles. The lowest BCUT2D eigenvalue weighted by molar-refractivity contribution is -0.155. The maximum absolute atomic E-state index is 11.4. The van der Waals surface area contributed by atoms with E-state index in [0.29, 0.717) is 19.4 Å². The smallest absolute Gasteiger partial charge is 0.332 e. The summed E-state index contributed by atoms with van der Waals surface area (Å²) >= 11 is 0. The first kappa shape index (κ1) is 12.9. The highest BCUT2D eigenvalue weighted by atomic mass is 16.7. The van der Waals surface area contributed by atoms with Crippen molar-refractivity contribution in [3.05, 3.63) is 0 Å². The minimum absolute atomic E-state index is 0.233. The van der Waals surface area contributed by atoms with Crippen LogP contribution in [0.4, 0.5) is 0 Å². The van der Waals surface area contributed by atoms with E-state index in [1.807, 2.05) is 0 Å². The molecule has 1 rings (SSSR count). The highest BCUT2D eigenvalue weighted by Gasteiger charge is 2.34. The maximum atomic E-state index is 11.4. The van der Waals surface area contributed by atoms with Gasteiger partial charge in [-0.1, -0.05) is 0 Å². The molecule has 0 saturated carbocycles. The zero-order valence-electron chi connectivity index (χ0n) is 8.97. The van der Waals surface area contributed by atoms with Crippen molar-refractivity contribution in [1.82, 2.24) is 5.48 Å². The van der Waals surface area contributed by atoms with Gasteiger partial charge in [0, 0.05) is 7.11 Å².